The number of benzene rings is 3. The van der Waals surface area contributed by atoms with Crippen LogP contribution in [0.1, 0.15) is 25.8 Å². The summed E-state index contributed by atoms with van der Waals surface area (Å²) in [6.45, 7) is 3.45. The number of non-ortho nitro benzene ring substituents is 1. The smallest absolute Gasteiger partial charge is 0.271 e. The van der Waals surface area contributed by atoms with Crippen molar-refractivity contribution in [2.24, 2.45) is 0 Å². The Kier molecular flexibility index (Phi) is 10.2. The van der Waals surface area contributed by atoms with Gasteiger partial charge in [-0.2, -0.15) is 0 Å². The zero-order chi connectivity index (χ0) is 28.4. The number of amides is 2. The molecule has 0 aliphatic heterocycles. The second-order valence-corrected chi connectivity index (χ2v) is 10.8. The summed E-state index contributed by atoms with van der Waals surface area (Å²) in [7, 11) is -4.29. The number of carbonyl (C=O) groups is 2. The number of carbonyl (C=O) groups excluding carboxylic acids is 2. The quantitative estimate of drug-likeness (QED) is 0.254. The van der Waals surface area contributed by atoms with Gasteiger partial charge in [-0.3, -0.25) is 24.0 Å². The fourth-order valence-electron chi connectivity index (χ4n) is 3.98. The van der Waals surface area contributed by atoms with Crippen LogP contribution in [0.5, 0.6) is 0 Å². The summed E-state index contributed by atoms with van der Waals surface area (Å²) < 4.78 is 28.3. The number of nitrogens with zero attached hydrogens (tertiary/aromatic N) is 3. The lowest BCUT2D eigenvalue weighted by atomic mass is 10.1. The third-order valence-corrected chi connectivity index (χ3v) is 7.93. The molecule has 0 saturated heterocycles. The summed E-state index contributed by atoms with van der Waals surface area (Å²) in [6.07, 6.45) is 1.16. The molecule has 0 aliphatic rings. The molecule has 0 heterocycles. The van der Waals surface area contributed by atoms with E-state index in [1.807, 2.05) is 37.3 Å². The van der Waals surface area contributed by atoms with E-state index in [1.54, 1.807) is 25.1 Å². The zero-order valence-electron chi connectivity index (χ0n) is 21.9. The van der Waals surface area contributed by atoms with E-state index in [2.05, 4.69) is 5.32 Å². The Balaban J connectivity index is 1.99. The van der Waals surface area contributed by atoms with Crippen molar-refractivity contribution in [2.45, 2.75) is 37.6 Å². The normalized spacial score (nSPS) is 11.8. The maximum atomic E-state index is 13.8. The highest BCUT2D eigenvalue weighted by molar-refractivity contribution is 7.92. The topological polar surface area (TPSA) is 130 Å². The molecule has 3 aromatic rings. The Hall–Kier alpha value is -4.25. The molecule has 10 nitrogen and oxygen atoms in total. The second-order valence-electron chi connectivity index (χ2n) is 8.89. The fraction of sp³-hybridized carbons (Fsp3) is 0.286. The van der Waals surface area contributed by atoms with E-state index in [0.29, 0.717) is 19.4 Å². The molecule has 3 aromatic carbocycles. The lowest BCUT2D eigenvalue weighted by molar-refractivity contribution is -0.384. The number of sulfonamides is 1. The maximum absolute atomic E-state index is 13.8. The highest BCUT2D eigenvalue weighted by Crippen LogP contribution is 2.27. The van der Waals surface area contributed by atoms with Crippen molar-refractivity contribution in [1.82, 2.24) is 10.2 Å². The van der Waals surface area contributed by atoms with E-state index in [1.165, 1.54) is 35.2 Å². The molecule has 11 heteroatoms. The molecule has 206 valence electrons. The van der Waals surface area contributed by atoms with Crippen LogP contribution in [0, 0.1) is 10.1 Å². The average molecular weight is 553 g/mol. The molecule has 0 fully saturated rings. The molecule has 0 radical (unpaired) electrons. The van der Waals surface area contributed by atoms with Gasteiger partial charge in [0.2, 0.25) is 11.8 Å². The van der Waals surface area contributed by atoms with Crippen molar-refractivity contribution < 1.29 is 22.9 Å². The van der Waals surface area contributed by atoms with Crippen LogP contribution in [-0.2, 0) is 26.0 Å². The van der Waals surface area contributed by atoms with E-state index >= 15 is 0 Å². The first-order valence-electron chi connectivity index (χ1n) is 12.6. The van der Waals surface area contributed by atoms with Crippen LogP contribution in [0.25, 0.3) is 0 Å². The molecule has 0 aromatic heterocycles. The molecular formula is C28H32N4O6S. The predicted octanol–water partition coefficient (Wildman–Crippen LogP) is 3.78. The average Bonchev–Trinajstić information content (AvgIpc) is 2.95. The van der Waals surface area contributed by atoms with Gasteiger partial charge < -0.3 is 10.2 Å². The van der Waals surface area contributed by atoms with E-state index < -0.39 is 33.4 Å². The van der Waals surface area contributed by atoms with Gasteiger partial charge in [-0.05, 0) is 43.5 Å². The maximum Gasteiger partial charge on any atom is 0.271 e. The third kappa shape index (κ3) is 7.64. The van der Waals surface area contributed by atoms with Crippen molar-refractivity contribution in [2.75, 3.05) is 23.9 Å². The largest absolute Gasteiger partial charge is 0.354 e. The minimum Gasteiger partial charge on any atom is -0.354 e. The van der Waals surface area contributed by atoms with Gasteiger partial charge >= 0.3 is 0 Å². The predicted molar refractivity (Wildman–Crippen MR) is 149 cm³/mol. The lowest BCUT2D eigenvalue weighted by Gasteiger charge is -2.32. The monoisotopic (exact) mass is 552 g/mol. The number of nitro benzene ring substituents is 1. The van der Waals surface area contributed by atoms with Gasteiger partial charge in [-0.25, -0.2) is 8.42 Å². The molecule has 2 amide bonds. The highest BCUT2D eigenvalue weighted by Gasteiger charge is 2.32. The van der Waals surface area contributed by atoms with Crippen LogP contribution >= 0.6 is 0 Å². The van der Waals surface area contributed by atoms with Crippen LogP contribution in [0.2, 0.25) is 0 Å². The summed E-state index contributed by atoms with van der Waals surface area (Å²) in [5, 5.41) is 14.2. The lowest BCUT2D eigenvalue weighted by Crippen LogP contribution is -2.52. The standard InChI is InChI=1S/C28H32N4O6S/c1-3-18-29-28(34)22(2)30(19-17-23-11-6-4-7-12-23)27(33)21-31(24-13-10-14-25(20-24)32(35)36)39(37,38)26-15-8-5-9-16-26/h4-16,20,22H,3,17-19,21H2,1-2H3,(H,29,34)/t22-/m0/s1. The summed E-state index contributed by atoms with van der Waals surface area (Å²) in [5.74, 6) is -0.970. The molecule has 0 saturated carbocycles. The molecule has 0 unspecified atom stereocenters. The van der Waals surface area contributed by atoms with E-state index in [4.69, 9.17) is 0 Å². The van der Waals surface area contributed by atoms with Crippen molar-refractivity contribution >= 4 is 33.2 Å². The van der Waals surface area contributed by atoms with E-state index in [-0.39, 0.29) is 28.7 Å². The summed E-state index contributed by atoms with van der Waals surface area (Å²) >= 11 is 0. The van der Waals surface area contributed by atoms with Gasteiger partial charge in [0.1, 0.15) is 12.6 Å². The van der Waals surface area contributed by atoms with Gasteiger partial charge in [0.15, 0.2) is 0 Å². The molecule has 39 heavy (non-hydrogen) atoms. The van der Waals surface area contributed by atoms with Gasteiger partial charge in [-0.15, -0.1) is 0 Å². The first-order valence-corrected chi connectivity index (χ1v) is 14.0. The van der Waals surface area contributed by atoms with Crippen LogP contribution in [0.4, 0.5) is 11.4 Å². The Morgan fingerprint density at radius 2 is 1.62 bits per heavy atom. The molecule has 3 rings (SSSR count). The SMILES string of the molecule is CCCNC(=O)[C@H](C)N(CCc1ccccc1)C(=O)CN(c1cccc([N+](=O)[O-])c1)S(=O)(=O)c1ccccc1. The van der Waals surface area contributed by atoms with Crippen LogP contribution in [0.3, 0.4) is 0 Å². The van der Waals surface area contributed by atoms with Crippen LogP contribution in [-0.4, -0.2) is 55.7 Å². The third-order valence-electron chi connectivity index (χ3n) is 6.14. The van der Waals surface area contributed by atoms with Gasteiger partial charge in [0.25, 0.3) is 15.7 Å². The van der Waals surface area contributed by atoms with Crippen molar-refractivity contribution in [3.8, 4) is 0 Å². The van der Waals surface area contributed by atoms with Gasteiger partial charge in [-0.1, -0.05) is 61.5 Å². The van der Waals surface area contributed by atoms with Crippen LogP contribution < -0.4 is 9.62 Å². The van der Waals surface area contributed by atoms with Crippen molar-refractivity contribution in [3.05, 3.63) is 101 Å². The Bertz CT molecular complexity index is 1380. The van der Waals surface area contributed by atoms with Crippen molar-refractivity contribution in [1.29, 1.82) is 0 Å². The Labute approximate surface area is 228 Å². The van der Waals surface area contributed by atoms with Gasteiger partial charge in [0.05, 0.1) is 15.5 Å². The minimum absolute atomic E-state index is 0.0347. The number of rotatable bonds is 13. The molecular weight excluding hydrogens is 520 g/mol. The molecule has 1 N–H and O–H groups in total. The Morgan fingerprint density at radius 3 is 2.23 bits per heavy atom. The molecule has 0 aliphatic carbocycles. The fourth-order valence-corrected chi connectivity index (χ4v) is 5.40. The molecule has 0 spiro atoms. The minimum atomic E-state index is -4.29. The zero-order valence-corrected chi connectivity index (χ0v) is 22.7. The number of nitrogens with one attached hydrogen (secondary N) is 1. The van der Waals surface area contributed by atoms with Crippen LogP contribution in [0.15, 0.2) is 89.8 Å². The van der Waals surface area contributed by atoms with E-state index in [9.17, 15) is 28.1 Å². The highest BCUT2D eigenvalue weighted by atomic mass is 32.2. The number of hydrogen-bond donors (Lipinski definition) is 1. The van der Waals surface area contributed by atoms with Crippen molar-refractivity contribution in [3.63, 3.8) is 0 Å². The number of nitro groups is 1. The Morgan fingerprint density at radius 1 is 0.974 bits per heavy atom. The summed E-state index contributed by atoms with van der Waals surface area (Å²) in [6, 6.07) is 21.2. The first-order chi connectivity index (χ1) is 18.6. The number of hydrogen-bond acceptors (Lipinski definition) is 6. The summed E-state index contributed by atoms with van der Waals surface area (Å²) in [4.78, 5) is 38.7. The second kappa shape index (κ2) is 13.5. The van der Waals surface area contributed by atoms with E-state index in [0.717, 1.165) is 15.9 Å². The first kappa shape index (κ1) is 29.3. The summed E-state index contributed by atoms with van der Waals surface area (Å²) in [5.41, 5.74) is 0.595. The van der Waals surface area contributed by atoms with Gasteiger partial charge in [0, 0.05) is 25.2 Å². The molecule has 1 atom stereocenters. The number of anilines is 1. The molecule has 0 bridgehead atoms.